The molecule has 21 heavy (non-hydrogen) atoms. The van der Waals surface area contributed by atoms with Crippen LogP contribution in [-0.2, 0) is 0 Å². The monoisotopic (exact) mass is 277 g/mol. The molecule has 1 aromatic heterocycles. The lowest BCUT2D eigenvalue weighted by atomic mass is 10.1. The summed E-state index contributed by atoms with van der Waals surface area (Å²) >= 11 is 0. The molecule has 0 aliphatic rings. The van der Waals surface area contributed by atoms with Crippen LogP contribution in [0.25, 0.3) is 5.69 Å². The number of para-hydroxylation sites is 1. The number of hydrogen-bond acceptors (Lipinski definition) is 2. The molecule has 3 aromatic rings. The Kier molecular flexibility index (Phi) is 3.48. The van der Waals surface area contributed by atoms with E-state index in [9.17, 15) is 0 Å². The molecule has 0 spiro atoms. The molecule has 0 bridgehead atoms. The van der Waals surface area contributed by atoms with Crippen LogP contribution in [0.15, 0.2) is 54.7 Å². The number of hydrogen-bond donors (Lipinski definition) is 1. The molecule has 2 aromatic carbocycles. The van der Waals surface area contributed by atoms with Crippen LogP contribution >= 0.6 is 0 Å². The maximum Gasteiger partial charge on any atom is 0.212 e. The first kappa shape index (κ1) is 13.4. The van der Waals surface area contributed by atoms with Crippen molar-refractivity contribution in [2.45, 2.75) is 20.8 Å². The van der Waals surface area contributed by atoms with Gasteiger partial charge in [0.1, 0.15) is 0 Å². The molecule has 0 saturated heterocycles. The molecule has 0 amide bonds. The van der Waals surface area contributed by atoms with E-state index in [0.717, 1.165) is 23.0 Å². The number of rotatable bonds is 3. The van der Waals surface area contributed by atoms with Crippen molar-refractivity contribution in [2.24, 2.45) is 0 Å². The van der Waals surface area contributed by atoms with Crippen molar-refractivity contribution in [3.05, 3.63) is 71.5 Å². The molecule has 0 aliphatic carbocycles. The highest BCUT2D eigenvalue weighted by atomic mass is 15.2. The standard InChI is InChI=1S/C18H19N3/c1-13-9-10-14(2)17(11-13)20-18-19-15(3)12-21(18)16-7-5-4-6-8-16/h4-12H,1-3H3,(H,19,20). The van der Waals surface area contributed by atoms with Crippen molar-refractivity contribution in [1.29, 1.82) is 0 Å². The maximum atomic E-state index is 4.60. The smallest absolute Gasteiger partial charge is 0.212 e. The molecule has 106 valence electrons. The molecule has 0 radical (unpaired) electrons. The van der Waals surface area contributed by atoms with Gasteiger partial charge >= 0.3 is 0 Å². The Bertz CT molecular complexity index is 757. The van der Waals surface area contributed by atoms with Gasteiger partial charge in [0.2, 0.25) is 5.95 Å². The Hall–Kier alpha value is -2.55. The Morgan fingerprint density at radius 2 is 1.71 bits per heavy atom. The minimum Gasteiger partial charge on any atom is -0.325 e. The van der Waals surface area contributed by atoms with Crippen molar-refractivity contribution < 1.29 is 0 Å². The van der Waals surface area contributed by atoms with Crippen molar-refractivity contribution in [3.8, 4) is 5.69 Å². The highest BCUT2D eigenvalue weighted by Crippen LogP contribution is 2.23. The first-order valence-corrected chi connectivity index (χ1v) is 7.09. The van der Waals surface area contributed by atoms with E-state index in [-0.39, 0.29) is 0 Å². The largest absolute Gasteiger partial charge is 0.325 e. The zero-order chi connectivity index (χ0) is 14.8. The summed E-state index contributed by atoms with van der Waals surface area (Å²) in [6, 6.07) is 16.6. The molecule has 1 N–H and O–H groups in total. The van der Waals surface area contributed by atoms with E-state index < -0.39 is 0 Å². The third-order valence-electron chi connectivity index (χ3n) is 3.50. The van der Waals surface area contributed by atoms with Crippen LogP contribution in [0, 0.1) is 20.8 Å². The first-order chi connectivity index (χ1) is 10.1. The van der Waals surface area contributed by atoms with Crippen molar-refractivity contribution >= 4 is 11.6 Å². The summed E-state index contributed by atoms with van der Waals surface area (Å²) in [6.45, 7) is 6.21. The zero-order valence-corrected chi connectivity index (χ0v) is 12.6. The van der Waals surface area contributed by atoms with E-state index in [1.165, 1.54) is 11.1 Å². The average Bonchev–Trinajstić information content (AvgIpc) is 2.85. The summed E-state index contributed by atoms with van der Waals surface area (Å²) in [6.07, 6.45) is 2.04. The van der Waals surface area contributed by atoms with Gasteiger partial charge in [-0.1, -0.05) is 30.3 Å². The lowest BCUT2D eigenvalue weighted by Crippen LogP contribution is -2.02. The van der Waals surface area contributed by atoms with E-state index in [2.05, 4.69) is 59.0 Å². The second-order valence-electron chi connectivity index (χ2n) is 5.35. The zero-order valence-electron chi connectivity index (χ0n) is 12.6. The Morgan fingerprint density at radius 1 is 0.952 bits per heavy atom. The second kappa shape index (κ2) is 5.44. The van der Waals surface area contributed by atoms with Gasteiger partial charge in [0.25, 0.3) is 0 Å². The van der Waals surface area contributed by atoms with Gasteiger partial charge in [-0.3, -0.25) is 4.57 Å². The van der Waals surface area contributed by atoms with Gasteiger partial charge in [0.05, 0.1) is 5.69 Å². The minimum atomic E-state index is 0.840. The number of nitrogens with zero attached hydrogens (tertiary/aromatic N) is 2. The van der Waals surface area contributed by atoms with Crippen molar-refractivity contribution in [2.75, 3.05) is 5.32 Å². The van der Waals surface area contributed by atoms with Gasteiger partial charge in [-0.05, 0) is 50.1 Å². The number of aromatic nitrogens is 2. The average molecular weight is 277 g/mol. The Morgan fingerprint density at radius 3 is 2.48 bits per heavy atom. The number of anilines is 2. The van der Waals surface area contributed by atoms with Crippen LogP contribution < -0.4 is 5.32 Å². The molecular formula is C18H19N3. The molecule has 3 rings (SSSR count). The fourth-order valence-electron chi connectivity index (χ4n) is 2.36. The molecule has 1 heterocycles. The number of benzene rings is 2. The normalized spacial score (nSPS) is 10.6. The van der Waals surface area contributed by atoms with E-state index >= 15 is 0 Å². The molecule has 0 saturated carbocycles. The summed E-state index contributed by atoms with van der Waals surface area (Å²) < 4.78 is 2.08. The molecular weight excluding hydrogens is 258 g/mol. The van der Waals surface area contributed by atoms with Gasteiger partial charge in [0, 0.05) is 17.6 Å². The minimum absolute atomic E-state index is 0.840. The Labute approximate surface area is 125 Å². The molecule has 3 nitrogen and oxygen atoms in total. The highest BCUT2D eigenvalue weighted by Gasteiger charge is 2.09. The van der Waals surface area contributed by atoms with Crippen LogP contribution in [-0.4, -0.2) is 9.55 Å². The molecule has 0 aliphatic heterocycles. The first-order valence-electron chi connectivity index (χ1n) is 7.09. The molecule has 3 heteroatoms. The molecule has 0 fully saturated rings. The quantitative estimate of drug-likeness (QED) is 0.761. The number of imidazole rings is 1. The van der Waals surface area contributed by atoms with Gasteiger partial charge < -0.3 is 5.32 Å². The lowest BCUT2D eigenvalue weighted by molar-refractivity contribution is 1.06. The van der Waals surface area contributed by atoms with Crippen molar-refractivity contribution in [1.82, 2.24) is 9.55 Å². The third-order valence-corrected chi connectivity index (χ3v) is 3.50. The SMILES string of the molecule is Cc1ccc(C)c(Nc2nc(C)cn2-c2ccccc2)c1. The Balaban J connectivity index is 2.02. The van der Waals surface area contributed by atoms with Crippen LogP contribution in [0.1, 0.15) is 16.8 Å². The number of nitrogens with one attached hydrogen (secondary N) is 1. The van der Waals surface area contributed by atoms with Crippen LogP contribution in [0.3, 0.4) is 0 Å². The fourth-order valence-corrected chi connectivity index (χ4v) is 2.36. The second-order valence-corrected chi connectivity index (χ2v) is 5.35. The van der Waals surface area contributed by atoms with Crippen LogP contribution in [0.2, 0.25) is 0 Å². The number of aryl methyl sites for hydroxylation is 3. The summed E-state index contributed by atoms with van der Waals surface area (Å²) in [7, 11) is 0. The van der Waals surface area contributed by atoms with Gasteiger partial charge in [-0.15, -0.1) is 0 Å². The van der Waals surface area contributed by atoms with E-state index in [1.807, 2.05) is 31.3 Å². The van der Waals surface area contributed by atoms with Crippen LogP contribution in [0.4, 0.5) is 11.6 Å². The summed E-state index contributed by atoms with van der Waals surface area (Å²) in [5, 5.41) is 3.45. The topological polar surface area (TPSA) is 29.9 Å². The van der Waals surface area contributed by atoms with Crippen LogP contribution in [0.5, 0.6) is 0 Å². The van der Waals surface area contributed by atoms with E-state index in [1.54, 1.807) is 0 Å². The molecule has 0 atom stereocenters. The van der Waals surface area contributed by atoms with E-state index in [0.29, 0.717) is 0 Å². The van der Waals surface area contributed by atoms with Crippen molar-refractivity contribution in [3.63, 3.8) is 0 Å². The van der Waals surface area contributed by atoms with Gasteiger partial charge in [0.15, 0.2) is 0 Å². The third kappa shape index (κ3) is 2.82. The highest BCUT2D eigenvalue weighted by molar-refractivity contribution is 5.61. The summed E-state index contributed by atoms with van der Waals surface area (Å²) in [5.41, 5.74) is 5.63. The predicted molar refractivity (Wildman–Crippen MR) is 87.5 cm³/mol. The summed E-state index contributed by atoms with van der Waals surface area (Å²) in [4.78, 5) is 4.60. The van der Waals surface area contributed by atoms with Gasteiger partial charge in [-0.25, -0.2) is 4.98 Å². The maximum absolute atomic E-state index is 4.60. The van der Waals surface area contributed by atoms with E-state index in [4.69, 9.17) is 0 Å². The van der Waals surface area contributed by atoms with Gasteiger partial charge in [-0.2, -0.15) is 0 Å². The lowest BCUT2D eigenvalue weighted by Gasteiger charge is -2.12. The summed E-state index contributed by atoms with van der Waals surface area (Å²) in [5.74, 6) is 0.840. The predicted octanol–water partition coefficient (Wildman–Crippen LogP) is 4.54. The molecule has 0 unspecified atom stereocenters. The fraction of sp³-hybridized carbons (Fsp3) is 0.167.